The zero-order valence-electron chi connectivity index (χ0n) is 11.2. The van der Waals surface area contributed by atoms with Crippen molar-refractivity contribution in [3.63, 3.8) is 0 Å². The van der Waals surface area contributed by atoms with E-state index in [0.717, 1.165) is 18.9 Å². The molecule has 0 fully saturated rings. The van der Waals surface area contributed by atoms with E-state index >= 15 is 0 Å². The van der Waals surface area contributed by atoms with E-state index in [9.17, 15) is 14.5 Å². The molecule has 1 aromatic heterocycles. The highest BCUT2D eigenvalue weighted by Crippen LogP contribution is 2.26. The quantitative estimate of drug-likeness (QED) is 0.487. The first kappa shape index (κ1) is 14.5. The lowest BCUT2D eigenvalue weighted by atomic mass is 10.2. The number of fused-ring (bicyclic) bond motifs is 1. The molecular formula is C13H14FN3O2S. The first-order chi connectivity index (χ1) is 9.45. The number of nitrogens with zero attached hydrogens (tertiary/aromatic N) is 3. The van der Waals surface area contributed by atoms with Gasteiger partial charge in [-0.3, -0.25) is 10.1 Å². The third-order valence-corrected chi connectivity index (χ3v) is 3.46. The summed E-state index contributed by atoms with van der Waals surface area (Å²) in [5.41, 5.74) is -0.0182. The third-order valence-electron chi connectivity index (χ3n) is 3.15. The Labute approximate surface area is 120 Å². The molecule has 2 aromatic rings. The Kier molecular flexibility index (Phi) is 4.08. The molecule has 0 aliphatic heterocycles. The van der Waals surface area contributed by atoms with Crippen LogP contribution in [0, 0.1) is 27.5 Å². The second-order valence-electron chi connectivity index (χ2n) is 4.55. The minimum Gasteiger partial charge on any atom is -0.327 e. The maximum Gasteiger partial charge on any atom is 0.273 e. The Morgan fingerprint density at radius 1 is 1.50 bits per heavy atom. The number of hydrogen-bond acceptors (Lipinski definition) is 4. The molecule has 0 saturated heterocycles. The highest BCUT2D eigenvalue weighted by molar-refractivity contribution is 7.71. The summed E-state index contributed by atoms with van der Waals surface area (Å²) in [6.07, 6.45) is 1.83. The van der Waals surface area contributed by atoms with Gasteiger partial charge in [-0.2, -0.15) is 0 Å². The second-order valence-corrected chi connectivity index (χ2v) is 4.94. The van der Waals surface area contributed by atoms with Crippen LogP contribution < -0.4 is 0 Å². The number of unbranched alkanes of at least 4 members (excludes halogenated alkanes) is 1. The zero-order valence-corrected chi connectivity index (χ0v) is 12.0. The molecule has 0 unspecified atom stereocenters. The van der Waals surface area contributed by atoms with E-state index in [4.69, 9.17) is 12.2 Å². The number of benzene rings is 1. The topological polar surface area (TPSA) is 61.0 Å². The number of rotatable bonds is 4. The third kappa shape index (κ3) is 2.53. The Hall–Kier alpha value is -1.89. The fourth-order valence-electron chi connectivity index (χ4n) is 2.15. The van der Waals surface area contributed by atoms with Gasteiger partial charge in [0.25, 0.3) is 5.69 Å². The lowest BCUT2D eigenvalue weighted by Gasteiger charge is -2.14. The highest BCUT2D eigenvalue weighted by atomic mass is 32.1. The van der Waals surface area contributed by atoms with Crippen LogP contribution in [-0.4, -0.2) is 14.5 Å². The number of halogens is 1. The van der Waals surface area contributed by atoms with Crippen LogP contribution in [0.1, 0.15) is 25.6 Å². The van der Waals surface area contributed by atoms with Gasteiger partial charge in [-0.05, 0) is 13.3 Å². The highest BCUT2D eigenvalue weighted by Gasteiger charge is 2.16. The van der Waals surface area contributed by atoms with E-state index in [2.05, 4.69) is 4.98 Å². The van der Waals surface area contributed by atoms with Crippen molar-refractivity contribution in [1.82, 2.24) is 9.55 Å². The van der Waals surface area contributed by atoms with Crippen molar-refractivity contribution in [3.05, 3.63) is 38.5 Å². The summed E-state index contributed by atoms with van der Waals surface area (Å²) in [5, 5.41) is 11.1. The predicted octanol–water partition coefficient (Wildman–Crippen LogP) is 3.92. The first-order valence-electron chi connectivity index (χ1n) is 6.30. The van der Waals surface area contributed by atoms with Crippen molar-refractivity contribution >= 4 is 28.8 Å². The van der Waals surface area contributed by atoms with Gasteiger partial charge < -0.3 is 4.57 Å². The molecule has 106 valence electrons. The molecule has 0 aliphatic rings. The predicted molar refractivity (Wildman–Crippen MR) is 76.8 cm³/mol. The monoisotopic (exact) mass is 295 g/mol. The number of nitro benzene ring substituents is 1. The molecular weight excluding hydrogens is 281 g/mol. The van der Waals surface area contributed by atoms with E-state index in [-0.39, 0.29) is 10.3 Å². The van der Waals surface area contributed by atoms with Crippen molar-refractivity contribution in [2.75, 3.05) is 0 Å². The van der Waals surface area contributed by atoms with E-state index in [1.165, 1.54) is 6.07 Å². The molecule has 1 heterocycles. The van der Waals surface area contributed by atoms with Gasteiger partial charge in [0.05, 0.1) is 16.5 Å². The molecule has 2 rings (SSSR count). The molecule has 5 nitrogen and oxygen atoms in total. The van der Waals surface area contributed by atoms with Crippen LogP contribution in [0.25, 0.3) is 10.9 Å². The molecule has 20 heavy (non-hydrogen) atoms. The van der Waals surface area contributed by atoms with Gasteiger partial charge in [0.2, 0.25) is 0 Å². The van der Waals surface area contributed by atoms with Crippen LogP contribution >= 0.6 is 12.2 Å². The average molecular weight is 295 g/mol. The van der Waals surface area contributed by atoms with E-state index in [0.29, 0.717) is 23.3 Å². The fourth-order valence-corrected chi connectivity index (χ4v) is 2.43. The number of hydrogen-bond donors (Lipinski definition) is 0. The molecule has 0 atom stereocenters. The van der Waals surface area contributed by atoms with Crippen molar-refractivity contribution in [1.29, 1.82) is 0 Å². The van der Waals surface area contributed by atoms with Gasteiger partial charge in [-0.1, -0.05) is 25.6 Å². The first-order valence-corrected chi connectivity index (χ1v) is 6.71. The molecule has 0 amide bonds. The van der Waals surface area contributed by atoms with Crippen molar-refractivity contribution in [2.24, 2.45) is 0 Å². The van der Waals surface area contributed by atoms with E-state index in [1.54, 1.807) is 11.5 Å². The van der Waals surface area contributed by atoms with Crippen molar-refractivity contribution in [3.8, 4) is 0 Å². The molecule has 0 spiro atoms. The molecule has 1 aromatic carbocycles. The molecule has 0 saturated carbocycles. The summed E-state index contributed by atoms with van der Waals surface area (Å²) >= 11 is 5.11. The van der Waals surface area contributed by atoms with Crippen LogP contribution in [0.5, 0.6) is 0 Å². The maximum atomic E-state index is 14.3. The molecule has 7 heteroatoms. The lowest BCUT2D eigenvalue weighted by Crippen LogP contribution is -2.09. The van der Waals surface area contributed by atoms with Gasteiger partial charge >= 0.3 is 0 Å². The minimum atomic E-state index is -0.637. The minimum absolute atomic E-state index is 0.188. The van der Waals surface area contributed by atoms with E-state index in [1.807, 2.05) is 6.92 Å². The number of aromatic nitrogens is 2. The van der Waals surface area contributed by atoms with Crippen LogP contribution in [0.3, 0.4) is 0 Å². The van der Waals surface area contributed by atoms with Gasteiger partial charge in [-0.25, -0.2) is 9.37 Å². The molecule has 0 aliphatic carbocycles. The summed E-state index contributed by atoms with van der Waals surface area (Å²) in [5.74, 6) is -0.0226. The Balaban J connectivity index is 2.81. The fraction of sp³-hybridized carbons (Fsp3) is 0.385. The van der Waals surface area contributed by atoms with Crippen LogP contribution in [0.15, 0.2) is 12.1 Å². The standard InChI is InChI=1S/C13H14FN3O2S/c1-3-4-5-16-8(2)15-13(20)10-6-9(17(18)19)7-11(14)12(10)16/h6-7H,3-5H2,1-2H3. The number of aryl methyl sites for hydroxylation is 2. The summed E-state index contributed by atoms with van der Waals surface area (Å²) in [7, 11) is 0. The zero-order chi connectivity index (χ0) is 14.9. The van der Waals surface area contributed by atoms with Crippen molar-refractivity contribution < 1.29 is 9.31 Å². The summed E-state index contributed by atoms with van der Waals surface area (Å²) in [6, 6.07) is 2.22. The Bertz CT molecular complexity index is 742. The van der Waals surface area contributed by atoms with Crippen LogP contribution in [-0.2, 0) is 6.54 Å². The second kappa shape index (κ2) is 5.62. The SMILES string of the molecule is CCCCn1c(C)nc(=S)c2cc([N+](=O)[O-])cc(F)c21. The lowest BCUT2D eigenvalue weighted by molar-refractivity contribution is -0.384. The van der Waals surface area contributed by atoms with E-state index < -0.39 is 10.7 Å². The summed E-state index contributed by atoms with van der Waals surface area (Å²) in [6.45, 7) is 4.40. The van der Waals surface area contributed by atoms with Crippen LogP contribution in [0.4, 0.5) is 10.1 Å². The Morgan fingerprint density at radius 2 is 2.20 bits per heavy atom. The summed E-state index contributed by atoms with van der Waals surface area (Å²) < 4.78 is 16.2. The van der Waals surface area contributed by atoms with Gasteiger partial charge in [-0.15, -0.1) is 0 Å². The van der Waals surface area contributed by atoms with Crippen molar-refractivity contribution in [2.45, 2.75) is 33.2 Å². The number of non-ortho nitro benzene ring substituents is 1. The van der Waals surface area contributed by atoms with Gasteiger partial charge in [0.1, 0.15) is 10.5 Å². The summed E-state index contributed by atoms with van der Waals surface area (Å²) in [4.78, 5) is 14.4. The number of nitro groups is 1. The van der Waals surface area contributed by atoms with Gasteiger partial charge in [0, 0.05) is 18.0 Å². The maximum absolute atomic E-state index is 14.3. The Morgan fingerprint density at radius 3 is 2.80 bits per heavy atom. The molecule has 0 radical (unpaired) electrons. The van der Waals surface area contributed by atoms with Crippen LogP contribution in [0.2, 0.25) is 0 Å². The smallest absolute Gasteiger partial charge is 0.273 e. The largest absolute Gasteiger partial charge is 0.327 e. The molecule has 0 N–H and O–H groups in total. The normalized spacial score (nSPS) is 10.9. The van der Waals surface area contributed by atoms with Gasteiger partial charge in [0.15, 0.2) is 5.82 Å². The average Bonchev–Trinajstić information content (AvgIpc) is 2.38. The molecule has 0 bridgehead atoms.